The van der Waals surface area contributed by atoms with E-state index in [2.05, 4.69) is 29.9 Å². The zero-order valence-corrected chi connectivity index (χ0v) is 8.33. The first-order valence-corrected chi connectivity index (χ1v) is 4.86. The Labute approximate surface area is 79.6 Å². The van der Waals surface area contributed by atoms with Crippen LogP contribution in [-0.2, 0) is 0 Å². The van der Waals surface area contributed by atoms with Crippen LogP contribution in [0.15, 0.2) is 18.5 Å². The monoisotopic (exact) mass is 176 g/mol. The maximum atomic E-state index is 4.24. The Morgan fingerprint density at radius 1 is 1.46 bits per heavy atom. The number of hydrogen-bond acceptors (Lipinski definition) is 2. The van der Waals surface area contributed by atoms with E-state index in [-0.39, 0.29) is 0 Å². The number of nitrogens with zero attached hydrogens (tertiary/aromatic N) is 2. The molecule has 0 spiro atoms. The number of likely N-dealkylation sites (tertiary alicyclic amines) is 1. The van der Waals surface area contributed by atoms with Crippen LogP contribution in [0.2, 0.25) is 0 Å². The average Bonchev–Trinajstić information content (AvgIpc) is 2.52. The molecule has 13 heavy (non-hydrogen) atoms. The molecule has 2 rings (SSSR count). The molecule has 0 amide bonds. The number of pyridine rings is 1. The van der Waals surface area contributed by atoms with Crippen LogP contribution in [-0.4, -0.2) is 30.0 Å². The van der Waals surface area contributed by atoms with Gasteiger partial charge in [0.15, 0.2) is 0 Å². The lowest BCUT2D eigenvalue weighted by Gasteiger charge is -2.10. The van der Waals surface area contributed by atoms with Crippen molar-refractivity contribution in [3.8, 4) is 0 Å². The highest BCUT2D eigenvalue weighted by Crippen LogP contribution is 2.25. The molecule has 1 aliphatic rings. The number of hydrogen-bond donors (Lipinski definition) is 0. The van der Waals surface area contributed by atoms with Crippen LogP contribution in [0, 0.1) is 6.92 Å². The highest BCUT2D eigenvalue weighted by molar-refractivity contribution is 5.21. The summed E-state index contributed by atoms with van der Waals surface area (Å²) < 4.78 is 0. The summed E-state index contributed by atoms with van der Waals surface area (Å²) >= 11 is 0. The second kappa shape index (κ2) is 3.46. The van der Waals surface area contributed by atoms with Gasteiger partial charge >= 0.3 is 0 Å². The van der Waals surface area contributed by atoms with Crippen molar-refractivity contribution in [2.24, 2.45) is 0 Å². The molecule has 1 atom stereocenters. The molecule has 0 aliphatic carbocycles. The highest BCUT2D eigenvalue weighted by Gasteiger charge is 2.20. The average molecular weight is 176 g/mol. The first-order chi connectivity index (χ1) is 6.25. The SMILES string of the molecule is Cc1cncc(C2CCN(C)C2)c1. The summed E-state index contributed by atoms with van der Waals surface area (Å²) in [6.07, 6.45) is 5.21. The Morgan fingerprint density at radius 3 is 2.92 bits per heavy atom. The van der Waals surface area contributed by atoms with Gasteiger partial charge in [0.2, 0.25) is 0 Å². The Balaban J connectivity index is 2.16. The van der Waals surface area contributed by atoms with Crippen molar-refractivity contribution in [2.45, 2.75) is 19.3 Å². The standard InChI is InChI=1S/C11H16N2/c1-9-5-11(7-12-6-9)10-3-4-13(2)8-10/h5-7,10H,3-4,8H2,1-2H3. The first kappa shape index (κ1) is 8.70. The van der Waals surface area contributed by atoms with E-state index in [0.717, 1.165) is 0 Å². The minimum Gasteiger partial charge on any atom is -0.306 e. The molecule has 2 heteroatoms. The van der Waals surface area contributed by atoms with Gasteiger partial charge in [-0.3, -0.25) is 4.98 Å². The van der Waals surface area contributed by atoms with Crippen molar-refractivity contribution in [1.82, 2.24) is 9.88 Å². The van der Waals surface area contributed by atoms with Crippen molar-refractivity contribution >= 4 is 0 Å². The first-order valence-electron chi connectivity index (χ1n) is 4.86. The fraction of sp³-hybridized carbons (Fsp3) is 0.545. The minimum absolute atomic E-state index is 0.706. The van der Waals surface area contributed by atoms with Crippen molar-refractivity contribution in [1.29, 1.82) is 0 Å². The third-order valence-electron chi connectivity index (χ3n) is 2.76. The lowest BCUT2D eigenvalue weighted by Crippen LogP contribution is -2.13. The minimum atomic E-state index is 0.706. The summed E-state index contributed by atoms with van der Waals surface area (Å²) in [6.45, 7) is 4.51. The van der Waals surface area contributed by atoms with E-state index in [9.17, 15) is 0 Å². The van der Waals surface area contributed by atoms with Crippen molar-refractivity contribution < 1.29 is 0 Å². The molecule has 70 valence electrons. The van der Waals surface area contributed by atoms with Gasteiger partial charge in [-0.05, 0) is 44.0 Å². The molecule has 1 unspecified atom stereocenters. The summed E-state index contributed by atoms with van der Waals surface area (Å²) in [5.41, 5.74) is 2.68. The van der Waals surface area contributed by atoms with Gasteiger partial charge in [-0.25, -0.2) is 0 Å². The fourth-order valence-corrected chi connectivity index (χ4v) is 2.01. The zero-order chi connectivity index (χ0) is 9.26. The van der Waals surface area contributed by atoms with Crippen molar-refractivity contribution in [3.05, 3.63) is 29.6 Å². The van der Waals surface area contributed by atoms with E-state index < -0.39 is 0 Å². The van der Waals surface area contributed by atoms with Crippen molar-refractivity contribution in [2.75, 3.05) is 20.1 Å². The third kappa shape index (κ3) is 1.89. The van der Waals surface area contributed by atoms with Gasteiger partial charge in [-0.15, -0.1) is 0 Å². The number of aryl methyl sites for hydroxylation is 1. The van der Waals surface area contributed by atoms with Gasteiger partial charge in [0, 0.05) is 18.9 Å². The third-order valence-corrected chi connectivity index (χ3v) is 2.76. The molecule has 1 aromatic heterocycles. The number of aromatic nitrogens is 1. The Morgan fingerprint density at radius 2 is 2.31 bits per heavy atom. The summed E-state index contributed by atoms with van der Waals surface area (Å²) in [5.74, 6) is 0.706. The summed E-state index contributed by atoms with van der Waals surface area (Å²) in [5, 5.41) is 0. The fourth-order valence-electron chi connectivity index (χ4n) is 2.01. The smallest absolute Gasteiger partial charge is 0.0303 e. The summed E-state index contributed by atoms with van der Waals surface area (Å²) in [6, 6.07) is 2.26. The molecule has 0 N–H and O–H groups in total. The second-order valence-electron chi connectivity index (χ2n) is 4.04. The molecule has 0 radical (unpaired) electrons. The Kier molecular flexibility index (Phi) is 2.32. The molecular formula is C11H16N2. The predicted molar refractivity (Wildman–Crippen MR) is 53.8 cm³/mol. The van der Waals surface area contributed by atoms with Crippen LogP contribution in [0.25, 0.3) is 0 Å². The normalized spacial score (nSPS) is 23.7. The van der Waals surface area contributed by atoms with Gasteiger partial charge in [0.05, 0.1) is 0 Å². The lowest BCUT2D eigenvalue weighted by molar-refractivity contribution is 0.411. The summed E-state index contributed by atoms with van der Waals surface area (Å²) in [7, 11) is 2.18. The molecule has 2 nitrogen and oxygen atoms in total. The Bertz CT molecular complexity index is 296. The Hall–Kier alpha value is -0.890. The molecule has 1 aliphatic heterocycles. The molecule has 0 aromatic carbocycles. The summed E-state index contributed by atoms with van der Waals surface area (Å²) in [4.78, 5) is 6.62. The second-order valence-corrected chi connectivity index (χ2v) is 4.04. The molecule has 2 heterocycles. The van der Waals surface area contributed by atoms with Gasteiger partial charge in [-0.1, -0.05) is 6.07 Å². The van der Waals surface area contributed by atoms with Gasteiger partial charge in [-0.2, -0.15) is 0 Å². The van der Waals surface area contributed by atoms with E-state index in [1.807, 2.05) is 12.4 Å². The van der Waals surface area contributed by atoms with Crippen LogP contribution in [0.5, 0.6) is 0 Å². The maximum absolute atomic E-state index is 4.24. The molecular weight excluding hydrogens is 160 g/mol. The van der Waals surface area contributed by atoms with Crippen molar-refractivity contribution in [3.63, 3.8) is 0 Å². The van der Waals surface area contributed by atoms with Crippen LogP contribution < -0.4 is 0 Å². The van der Waals surface area contributed by atoms with Gasteiger partial charge in [0.25, 0.3) is 0 Å². The molecule has 1 aromatic rings. The van der Waals surface area contributed by atoms with E-state index in [4.69, 9.17) is 0 Å². The number of likely N-dealkylation sites (N-methyl/N-ethyl adjacent to an activating group) is 1. The van der Waals surface area contributed by atoms with Gasteiger partial charge < -0.3 is 4.90 Å². The highest BCUT2D eigenvalue weighted by atomic mass is 15.1. The molecule has 1 fully saturated rings. The lowest BCUT2D eigenvalue weighted by atomic mass is 9.99. The number of rotatable bonds is 1. The van der Waals surface area contributed by atoms with Crippen LogP contribution >= 0.6 is 0 Å². The van der Waals surface area contributed by atoms with Gasteiger partial charge in [0.1, 0.15) is 0 Å². The quantitative estimate of drug-likeness (QED) is 0.648. The molecule has 1 saturated heterocycles. The van der Waals surface area contributed by atoms with E-state index in [1.165, 1.54) is 30.6 Å². The molecule has 0 bridgehead atoms. The predicted octanol–water partition coefficient (Wildman–Crippen LogP) is 1.81. The maximum Gasteiger partial charge on any atom is 0.0303 e. The topological polar surface area (TPSA) is 16.1 Å². The van der Waals surface area contributed by atoms with E-state index >= 15 is 0 Å². The van der Waals surface area contributed by atoms with E-state index in [1.54, 1.807) is 0 Å². The molecule has 0 saturated carbocycles. The largest absolute Gasteiger partial charge is 0.306 e. The zero-order valence-electron chi connectivity index (χ0n) is 8.33. The van der Waals surface area contributed by atoms with Crippen LogP contribution in [0.1, 0.15) is 23.5 Å². The van der Waals surface area contributed by atoms with Crippen LogP contribution in [0.3, 0.4) is 0 Å². The van der Waals surface area contributed by atoms with Crippen LogP contribution in [0.4, 0.5) is 0 Å². The van der Waals surface area contributed by atoms with E-state index in [0.29, 0.717) is 5.92 Å².